The number of hydrogen-bond donors (Lipinski definition) is 2. The fourth-order valence-corrected chi connectivity index (χ4v) is 1.98. The van der Waals surface area contributed by atoms with Crippen LogP contribution < -0.4 is 15.4 Å². The van der Waals surface area contributed by atoms with Crippen LogP contribution in [0.3, 0.4) is 0 Å². The third kappa shape index (κ3) is 10.7. The van der Waals surface area contributed by atoms with Crippen molar-refractivity contribution in [2.45, 2.75) is 26.8 Å². The van der Waals surface area contributed by atoms with E-state index in [2.05, 4.69) is 46.5 Å². The Morgan fingerprint density at radius 3 is 2.62 bits per heavy atom. The van der Waals surface area contributed by atoms with Gasteiger partial charge in [0.2, 0.25) is 0 Å². The van der Waals surface area contributed by atoms with Crippen LogP contribution in [0.4, 0.5) is 0 Å². The molecule has 0 bridgehead atoms. The summed E-state index contributed by atoms with van der Waals surface area (Å²) in [4.78, 5) is 6.36. The lowest BCUT2D eigenvalue weighted by Crippen LogP contribution is -2.37. The standard InChI is InChI=1S/C18H32N4O.HI/c1-15(2)9-10-20-18(19-3)21-14-16-7-6-8-17(13-16)23-12-11-22(4)5;/h6-8,13,15H,9-12,14H2,1-5H3,(H2,19,20,21);1H. The van der Waals surface area contributed by atoms with Gasteiger partial charge in [0.15, 0.2) is 5.96 Å². The van der Waals surface area contributed by atoms with Crippen molar-refractivity contribution in [3.63, 3.8) is 0 Å². The Morgan fingerprint density at radius 1 is 1.25 bits per heavy atom. The van der Waals surface area contributed by atoms with E-state index in [9.17, 15) is 0 Å². The maximum absolute atomic E-state index is 5.77. The highest BCUT2D eigenvalue weighted by molar-refractivity contribution is 14.0. The first-order chi connectivity index (χ1) is 11.0. The highest BCUT2D eigenvalue weighted by Crippen LogP contribution is 2.13. The molecular formula is C18H33IN4O. The molecule has 0 aromatic heterocycles. The van der Waals surface area contributed by atoms with Crippen molar-refractivity contribution in [1.29, 1.82) is 0 Å². The Morgan fingerprint density at radius 2 is 2.00 bits per heavy atom. The molecule has 1 rings (SSSR count). The number of nitrogens with one attached hydrogen (secondary N) is 2. The van der Waals surface area contributed by atoms with Gasteiger partial charge in [-0.1, -0.05) is 26.0 Å². The van der Waals surface area contributed by atoms with Crippen LogP contribution in [0.15, 0.2) is 29.3 Å². The van der Waals surface area contributed by atoms with Gasteiger partial charge in [-0.05, 0) is 44.1 Å². The summed E-state index contributed by atoms with van der Waals surface area (Å²) in [5, 5.41) is 6.67. The van der Waals surface area contributed by atoms with Gasteiger partial charge in [0.25, 0.3) is 0 Å². The number of halogens is 1. The van der Waals surface area contributed by atoms with Crippen molar-refractivity contribution in [2.75, 3.05) is 40.8 Å². The largest absolute Gasteiger partial charge is 0.492 e. The minimum absolute atomic E-state index is 0. The number of hydrogen-bond acceptors (Lipinski definition) is 3. The maximum atomic E-state index is 5.77. The first-order valence-electron chi connectivity index (χ1n) is 8.32. The molecule has 138 valence electrons. The second-order valence-corrected chi connectivity index (χ2v) is 6.33. The SMILES string of the molecule is CN=C(NCCC(C)C)NCc1cccc(OCCN(C)C)c1.I. The Hall–Kier alpha value is -1.02. The van der Waals surface area contributed by atoms with Gasteiger partial charge >= 0.3 is 0 Å². The Labute approximate surface area is 164 Å². The fraction of sp³-hybridized carbons (Fsp3) is 0.611. The average molecular weight is 448 g/mol. The molecule has 1 aromatic carbocycles. The van der Waals surface area contributed by atoms with Crippen molar-refractivity contribution in [2.24, 2.45) is 10.9 Å². The molecule has 0 heterocycles. The molecular weight excluding hydrogens is 415 g/mol. The monoisotopic (exact) mass is 448 g/mol. The predicted molar refractivity (Wildman–Crippen MR) is 114 cm³/mol. The molecule has 0 saturated heterocycles. The number of aliphatic imine (C=N–C) groups is 1. The van der Waals surface area contributed by atoms with E-state index in [0.29, 0.717) is 12.5 Å². The van der Waals surface area contributed by atoms with E-state index in [1.165, 1.54) is 5.56 Å². The zero-order chi connectivity index (χ0) is 17.1. The third-order valence-electron chi connectivity index (χ3n) is 3.40. The van der Waals surface area contributed by atoms with Gasteiger partial charge in [-0.2, -0.15) is 0 Å². The fourth-order valence-electron chi connectivity index (χ4n) is 1.98. The van der Waals surface area contributed by atoms with E-state index in [1.807, 2.05) is 26.2 Å². The van der Waals surface area contributed by atoms with Gasteiger partial charge in [-0.15, -0.1) is 24.0 Å². The van der Waals surface area contributed by atoms with Crippen LogP contribution in [-0.4, -0.2) is 51.7 Å². The van der Waals surface area contributed by atoms with Crippen molar-refractivity contribution in [3.05, 3.63) is 29.8 Å². The van der Waals surface area contributed by atoms with Crippen LogP contribution in [0, 0.1) is 5.92 Å². The first-order valence-corrected chi connectivity index (χ1v) is 8.32. The van der Waals surface area contributed by atoms with E-state index >= 15 is 0 Å². The number of ether oxygens (including phenoxy) is 1. The molecule has 0 fully saturated rings. The van der Waals surface area contributed by atoms with Crippen LogP contribution in [0.25, 0.3) is 0 Å². The number of benzene rings is 1. The molecule has 0 saturated carbocycles. The smallest absolute Gasteiger partial charge is 0.191 e. The lowest BCUT2D eigenvalue weighted by molar-refractivity contribution is 0.261. The lowest BCUT2D eigenvalue weighted by atomic mass is 10.1. The topological polar surface area (TPSA) is 48.9 Å². The first kappa shape index (κ1) is 23.0. The molecule has 0 atom stereocenters. The van der Waals surface area contributed by atoms with Crippen molar-refractivity contribution >= 4 is 29.9 Å². The van der Waals surface area contributed by atoms with E-state index in [1.54, 1.807) is 7.05 Å². The molecule has 0 aliphatic heterocycles. The van der Waals surface area contributed by atoms with E-state index in [4.69, 9.17) is 4.74 Å². The number of rotatable bonds is 9. The van der Waals surface area contributed by atoms with E-state index < -0.39 is 0 Å². The highest BCUT2D eigenvalue weighted by atomic mass is 127. The summed E-state index contributed by atoms with van der Waals surface area (Å²) in [5.41, 5.74) is 1.18. The Bertz CT molecular complexity index is 478. The molecule has 0 amide bonds. The Kier molecular flexibility index (Phi) is 12.7. The molecule has 24 heavy (non-hydrogen) atoms. The van der Waals surface area contributed by atoms with Gasteiger partial charge < -0.3 is 20.3 Å². The summed E-state index contributed by atoms with van der Waals surface area (Å²) in [7, 11) is 5.88. The van der Waals surface area contributed by atoms with Crippen molar-refractivity contribution in [1.82, 2.24) is 15.5 Å². The summed E-state index contributed by atoms with van der Waals surface area (Å²) in [6, 6.07) is 8.18. The normalized spacial score (nSPS) is 11.4. The molecule has 2 N–H and O–H groups in total. The predicted octanol–water partition coefficient (Wildman–Crippen LogP) is 2.96. The quantitative estimate of drug-likeness (QED) is 0.347. The minimum Gasteiger partial charge on any atom is -0.492 e. The van der Waals surface area contributed by atoms with Gasteiger partial charge in [-0.25, -0.2) is 0 Å². The van der Waals surface area contributed by atoms with E-state index in [-0.39, 0.29) is 24.0 Å². The summed E-state index contributed by atoms with van der Waals surface area (Å²) in [6.07, 6.45) is 1.13. The number of nitrogens with zero attached hydrogens (tertiary/aromatic N) is 2. The molecule has 1 aromatic rings. The summed E-state index contributed by atoms with van der Waals surface area (Å²) in [5.74, 6) is 2.44. The lowest BCUT2D eigenvalue weighted by Gasteiger charge is -2.14. The van der Waals surface area contributed by atoms with Gasteiger partial charge in [0.1, 0.15) is 12.4 Å². The summed E-state index contributed by atoms with van der Waals surface area (Å²) < 4.78 is 5.77. The van der Waals surface area contributed by atoms with Gasteiger partial charge in [0, 0.05) is 26.7 Å². The van der Waals surface area contributed by atoms with Crippen molar-refractivity contribution in [3.8, 4) is 5.75 Å². The van der Waals surface area contributed by atoms with Crippen LogP contribution in [0.2, 0.25) is 0 Å². The molecule has 0 aliphatic rings. The molecule has 0 spiro atoms. The Balaban J connectivity index is 0.00000529. The number of guanidine groups is 1. The molecule has 6 heteroatoms. The van der Waals surface area contributed by atoms with Gasteiger partial charge in [0.05, 0.1) is 0 Å². The summed E-state index contributed by atoms with van der Waals surface area (Å²) in [6.45, 7) is 7.72. The van der Waals surface area contributed by atoms with E-state index in [0.717, 1.165) is 37.8 Å². The summed E-state index contributed by atoms with van der Waals surface area (Å²) >= 11 is 0. The molecule has 0 unspecified atom stereocenters. The number of likely N-dealkylation sites (N-methyl/N-ethyl adjacent to an activating group) is 1. The van der Waals surface area contributed by atoms with Gasteiger partial charge in [-0.3, -0.25) is 4.99 Å². The van der Waals surface area contributed by atoms with Crippen LogP contribution in [0.1, 0.15) is 25.8 Å². The second-order valence-electron chi connectivity index (χ2n) is 6.33. The van der Waals surface area contributed by atoms with Crippen LogP contribution >= 0.6 is 24.0 Å². The highest BCUT2D eigenvalue weighted by Gasteiger charge is 2.01. The third-order valence-corrected chi connectivity index (χ3v) is 3.40. The molecule has 0 aliphatic carbocycles. The zero-order valence-electron chi connectivity index (χ0n) is 15.6. The average Bonchev–Trinajstić information content (AvgIpc) is 2.50. The minimum atomic E-state index is 0. The van der Waals surface area contributed by atoms with Crippen LogP contribution in [0.5, 0.6) is 5.75 Å². The zero-order valence-corrected chi connectivity index (χ0v) is 18.0. The molecule has 0 radical (unpaired) electrons. The van der Waals surface area contributed by atoms with Crippen LogP contribution in [-0.2, 0) is 6.54 Å². The van der Waals surface area contributed by atoms with Crippen molar-refractivity contribution < 1.29 is 4.74 Å². The second kappa shape index (κ2) is 13.3. The molecule has 5 nitrogen and oxygen atoms in total. The maximum Gasteiger partial charge on any atom is 0.191 e.